The van der Waals surface area contributed by atoms with E-state index in [0.29, 0.717) is 24.3 Å². The van der Waals surface area contributed by atoms with E-state index in [0.717, 1.165) is 18.4 Å². The largest absolute Gasteiger partial charge is 0.322 e. The lowest BCUT2D eigenvalue weighted by atomic mass is 10.2. The van der Waals surface area contributed by atoms with Gasteiger partial charge in [0.05, 0.1) is 4.90 Å². The highest BCUT2D eigenvalue weighted by Gasteiger charge is 2.23. The second-order valence-corrected chi connectivity index (χ2v) is 8.19. The first kappa shape index (κ1) is 20.1. The number of carbonyl (C=O) groups excluding carboxylic acids is 1. The highest BCUT2D eigenvalue weighted by Crippen LogP contribution is 2.19. The first-order valence-corrected chi connectivity index (χ1v) is 10.3. The van der Waals surface area contributed by atoms with Crippen LogP contribution in [0.15, 0.2) is 53.4 Å². The lowest BCUT2D eigenvalue weighted by Gasteiger charge is -2.21. The van der Waals surface area contributed by atoms with Gasteiger partial charge in [-0.05, 0) is 55.7 Å². The zero-order chi connectivity index (χ0) is 19.2. The van der Waals surface area contributed by atoms with Gasteiger partial charge in [0.1, 0.15) is 0 Å². The molecule has 0 fully saturated rings. The highest BCUT2D eigenvalue weighted by atomic mass is 32.2. The fourth-order valence-electron chi connectivity index (χ4n) is 2.72. The third-order valence-corrected chi connectivity index (χ3v) is 5.85. The van der Waals surface area contributed by atoms with Crippen LogP contribution < -0.4 is 5.32 Å². The van der Waals surface area contributed by atoms with Gasteiger partial charge in [0.15, 0.2) is 0 Å². The van der Waals surface area contributed by atoms with Crippen LogP contribution in [0, 0.1) is 6.92 Å². The second kappa shape index (κ2) is 8.96. The van der Waals surface area contributed by atoms with Crippen LogP contribution in [0.2, 0.25) is 0 Å². The number of hydrogen-bond acceptors (Lipinski definition) is 3. The van der Waals surface area contributed by atoms with Crippen LogP contribution in [-0.2, 0) is 10.0 Å². The van der Waals surface area contributed by atoms with E-state index in [9.17, 15) is 13.2 Å². The third kappa shape index (κ3) is 4.93. The summed E-state index contributed by atoms with van der Waals surface area (Å²) in [6.45, 7) is 6.78. The Kier molecular flexibility index (Phi) is 6.94. The van der Waals surface area contributed by atoms with Gasteiger partial charge in [-0.2, -0.15) is 4.31 Å². The van der Waals surface area contributed by atoms with Gasteiger partial charge in [-0.15, -0.1) is 0 Å². The Labute approximate surface area is 156 Å². The van der Waals surface area contributed by atoms with Gasteiger partial charge in [0.2, 0.25) is 10.0 Å². The average molecular weight is 375 g/mol. The van der Waals surface area contributed by atoms with Gasteiger partial charge in [0.25, 0.3) is 5.91 Å². The summed E-state index contributed by atoms with van der Waals surface area (Å²) in [6.07, 6.45) is 1.49. The van der Waals surface area contributed by atoms with E-state index in [1.54, 1.807) is 18.2 Å². The quantitative estimate of drug-likeness (QED) is 0.758. The van der Waals surface area contributed by atoms with Crippen LogP contribution >= 0.6 is 0 Å². The summed E-state index contributed by atoms with van der Waals surface area (Å²) in [5.41, 5.74) is 2.04. The molecule has 2 aromatic rings. The number of nitrogens with zero attached hydrogens (tertiary/aromatic N) is 1. The molecule has 1 N–H and O–H groups in total. The highest BCUT2D eigenvalue weighted by molar-refractivity contribution is 7.89. The van der Waals surface area contributed by atoms with E-state index < -0.39 is 10.0 Å². The van der Waals surface area contributed by atoms with Crippen LogP contribution in [0.25, 0.3) is 0 Å². The van der Waals surface area contributed by atoms with Crippen LogP contribution in [0.4, 0.5) is 5.69 Å². The number of sulfonamides is 1. The number of aryl methyl sites for hydroxylation is 1. The maximum atomic E-state index is 12.9. The van der Waals surface area contributed by atoms with Crippen LogP contribution in [0.1, 0.15) is 42.6 Å². The second-order valence-electron chi connectivity index (χ2n) is 6.26. The van der Waals surface area contributed by atoms with Gasteiger partial charge in [-0.3, -0.25) is 4.79 Å². The zero-order valence-electron chi connectivity index (χ0n) is 15.5. The molecule has 140 valence electrons. The zero-order valence-corrected chi connectivity index (χ0v) is 16.3. The maximum Gasteiger partial charge on any atom is 0.255 e. The fourth-order valence-corrected chi connectivity index (χ4v) is 4.39. The van der Waals surface area contributed by atoms with Crippen LogP contribution in [-0.4, -0.2) is 31.7 Å². The minimum Gasteiger partial charge on any atom is -0.322 e. The molecule has 0 saturated heterocycles. The molecule has 5 nitrogen and oxygen atoms in total. The van der Waals surface area contributed by atoms with Gasteiger partial charge in [-0.25, -0.2) is 8.42 Å². The van der Waals surface area contributed by atoms with Gasteiger partial charge >= 0.3 is 0 Å². The van der Waals surface area contributed by atoms with Crippen molar-refractivity contribution in [1.29, 1.82) is 0 Å². The standard InChI is InChI=1S/C20H26N2O3S/c1-4-12-22(13-5-2)26(24,25)19-11-7-9-17(15-19)20(23)21-18-10-6-8-16(3)14-18/h6-11,14-15H,4-5,12-13H2,1-3H3,(H,21,23). The normalized spacial score (nSPS) is 11.5. The Morgan fingerprint density at radius 3 is 2.27 bits per heavy atom. The number of hydrogen-bond donors (Lipinski definition) is 1. The van der Waals surface area contributed by atoms with Crippen molar-refractivity contribution in [3.8, 4) is 0 Å². The van der Waals surface area contributed by atoms with Crippen molar-refractivity contribution in [2.75, 3.05) is 18.4 Å². The van der Waals surface area contributed by atoms with Crippen molar-refractivity contribution in [3.63, 3.8) is 0 Å². The van der Waals surface area contributed by atoms with Gasteiger partial charge in [-0.1, -0.05) is 32.0 Å². The topological polar surface area (TPSA) is 66.5 Å². The van der Waals surface area contributed by atoms with Crippen LogP contribution in [0.3, 0.4) is 0 Å². The monoisotopic (exact) mass is 374 g/mol. The summed E-state index contributed by atoms with van der Waals surface area (Å²) in [4.78, 5) is 12.7. The van der Waals surface area contributed by atoms with E-state index >= 15 is 0 Å². The number of nitrogens with one attached hydrogen (secondary N) is 1. The molecule has 2 rings (SSSR count). The van der Waals surface area contributed by atoms with Gasteiger partial charge in [0, 0.05) is 24.3 Å². The van der Waals surface area contributed by atoms with Crippen molar-refractivity contribution >= 4 is 21.6 Å². The molecule has 0 unspecified atom stereocenters. The smallest absolute Gasteiger partial charge is 0.255 e. The molecular weight excluding hydrogens is 348 g/mol. The van der Waals surface area contributed by atoms with Crippen molar-refractivity contribution in [1.82, 2.24) is 4.31 Å². The molecule has 0 saturated carbocycles. The lowest BCUT2D eigenvalue weighted by Crippen LogP contribution is -2.32. The van der Waals surface area contributed by atoms with E-state index in [-0.39, 0.29) is 10.8 Å². The first-order chi connectivity index (χ1) is 12.4. The maximum absolute atomic E-state index is 12.9. The Hall–Kier alpha value is -2.18. The molecule has 0 aliphatic rings. The predicted molar refractivity (Wildman–Crippen MR) is 105 cm³/mol. The van der Waals surface area contributed by atoms with Crippen molar-refractivity contribution in [2.45, 2.75) is 38.5 Å². The van der Waals surface area contributed by atoms with Gasteiger partial charge < -0.3 is 5.32 Å². The van der Waals surface area contributed by atoms with E-state index in [2.05, 4.69) is 5.32 Å². The SMILES string of the molecule is CCCN(CCC)S(=O)(=O)c1cccc(C(=O)Nc2cccc(C)c2)c1. The Morgan fingerprint density at radius 2 is 1.65 bits per heavy atom. The van der Waals surface area contributed by atoms with Crippen molar-refractivity contribution in [3.05, 3.63) is 59.7 Å². The molecule has 1 amide bonds. The van der Waals surface area contributed by atoms with E-state index in [1.165, 1.54) is 16.4 Å². The third-order valence-electron chi connectivity index (χ3n) is 3.96. The van der Waals surface area contributed by atoms with Crippen LogP contribution in [0.5, 0.6) is 0 Å². The molecule has 2 aromatic carbocycles. The molecule has 0 aliphatic carbocycles. The van der Waals surface area contributed by atoms with Crippen molar-refractivity contribution < 1.29 is 13.2 Å². The Balaban J connectivity index is 2.27. The molecule has 6 heteroatoms. The number of carbonyl (C=O) groups is 1. The number of amides is 1. The minimum atomic E-state index is -3.61. The summed E-state index contributed by atoms with van der Waals surface area (Å²) in [5.74, 6) is -0.329. The molecule has 0 spiro atoms. The molecule has 0 aromatic heterocycles. The van der Waals surface area contributed by atoms with E-state index in [1.807, 2.05) is 39.0 Å². The molecular formula is C20H26N2O3S. The molecule has 0 bridgehead atoms. The minimum absolute atomic E-state index is 0.149. The molecule has 26 heavy (non-hydrogen) atoms. The Morgan fingerprint density at radius 1 is 1.00 bits per heavy atom. The first-order valence-electron chi connectivity index (χ1n) is 8.86. The number of anilines is 1. The number of rotatable bonds is 8. The molecule has 0 radical (unpaired) electrons. The molecule has 0 heterocycles. The molecule has 0 atom stereocenters. The fraction of sp³-hybridized carbons (Fsp3) is 0.350. The number of benzene rings is 2. The summed E-state index contributed by atoms with van der Waals surface area (Å²) < 4.78 is 27.2. The van der Waals surface area contributed by atoms with E-state index in [4.69, 9.17) is 0 Å². The summed E-state index contributed by atoms with van der Waals surface area (Å²) >= 11 is 0. The summed E-state index contributed by atoms with van der Waals surface area (Å²) in [7, 11) is -3.61. The lowest BCUT2D eigenvalue weighted by molar-refractivity contribution is 0.102. The summed E-state index contributed by atoms with van der Waals surface area (Å²) in [5, 5.41) is 2.81. The Bertz CT molecular complexity index is 857. The average Bonchev–Trinajstić information content (AvgIpc) is 2.61. The summed E-state index contributed by atoms with van der Waals surface area (Å²) in [6, 6.07) is 13.7. The molecule has 0 aliphatic heterocycles. The van der Waals surface area contributed by atoms with Crippen molar-refractivity contribution in [2.24, 2.45) is 0 Å². The predicted octanol–water partition coefficient (Wildman–Crippen LogP) is 4.06.